The van der Waals surface area contributed by atoms with Crippen LogP contribution in [0.1, 0.15) is 27.2 Å². The molecule has 0 saturated heterocycles. The summed E-state index contributed by atoms with van der Waals surface area (Å²) in [6.45, 7) is 6.45. The smallest absolute Gasteiger partial charge is 0.364 e. The summed E-state index contributed by atoms with van der Waals surface area (Å²) in [5, 5.41) is 13.6. The van der Waals surface area contributed by atoms with Crippen LogP contribution in [0.15, 0.2) is 16.9 Å². The van der Waals surface area contributed by atoms with Crippen LogP contribution >= 0.6 is 0 Å². The number of hydrogen-bond acceptors (Lipinski definition) is 4. The second-order valence-corrected chi connectivity index (χ2v) is 4.69. The molecule has 6 nitrogen and oxygen atoms in total. The summed E-state index contributed by atoms with van der Waals surface area (Å²) in [4.78, 5) is 11.3. The van der Waals surface area contributed by atoms with Gasteiger partial charge >= 0.3 is 5.69 Å². The van der Waals surface area contributed by atoms with Crippen LogP contribution in [0.2, 0.25) is 0 Å². The van der Waals surface area contributed by atoms with E-state index in [1.54, 1.807) is 6.07 Å². The Balaban J connectivity index is 2.19. The van der Waals surface area contributed by atoms with Crippen LogP contribution < -0.4 is 11.0 Å². The Hall–Kier alpha value is -1.85. The van der Waals surface area contributed by atoms with Gasteiger partial charge in [-0.3, -0.25) is 0 Å². The average Bonchev–Trinajstić information content (AvgIpc) is 2.59. The van der Waals surface area contributed by atoms with Crippen LogP contribution in [0.4, 0.5) is 5.82 Å². The van der Waals surface area contributed by atoms with E-state index >= 15 is 0 Å². The van der Waals surface area contributed by atoms with E-state index < -0.39 is 0 Å². The highest BCUT2D eigenvalue weighted by molar-refractivity contribution is 5.43. The molecule has 2 N–H and O–H groups in total. The maximum atomic E-state index is 11.3. The molecular weight excluding hydrogens is 218 g/mol. The molecule has 0 radical (unpaired) electrons. The zero-order valence-electron chi connectivity index (χ0n) is 10.3. The monoisotopic (exact) mass is 235 g/mol. The number of aromatic amines is 1. The minimum Gasteiger partial charge on any atom is -0.366 e. The summed E-state index contributed by atoms with van der Waals surface area (Å²) in [6, 6.07) is 3.91. The topological polar surface area (TPSA) is 75.1 Å². The van der Waals surface area contributed by atoms with Crippen LogP contribution in [0, 0.1) is 5.92 Å². The first kappa shape index (κ1) is 11.6. The molecule has 0 aliphatic heterocycles. The highest BCUT2D eigenvalue weighted by Gasteiger charge is 2.07. The van der Waals surface area contributed by atoms with Crippen molar-refractivity contribution in [3.05, 3.63) is 22.6 Å². The third kappa shape index (κ3) is 2.64. The number of nitrogens with one attached hydrogen (secondary N) is 2. The Morgan fingerprint density at radius 2 is 2.18 bits per heavy atom. The van der Waals surface area contributed by atoms with Gasteiger partial charge < -0.3 is 5.32 Å². The molecule has 0 aromatic carbocycles. The molecule has 17 heavy (non-hydrogen) atoms. The summed E-state index contributed by atoms with van der Waals surface area (Å²) >= 11 is 0. The largest absolute Gasteiger partial charge is 0.366 e. The van der Waals surface area contributed by atoms with Gasteiger partial charge in [0.05, 0.1) is 0 Å². The van der Waals surface area contributed by atoms with Gasteiger partial charge in [0.2, 0.25) is 0 Å². The second-order valence-electron chi connectivity index (χ2n) is 4.69. The van der Waals surface area contributed by atoms with Gasteiger partial charge in [-0.25, -0.2) is 9.89 Å². The molecule has 0 fully saturated rings. The molecular formula is C11H17N5O. The number of nitrogens with zero attached hydrogens (tertiary/aromatic N) is 3. The fourth-order valence-corrected chi connectivity index (χ4v) is 1.90. The van der Waals surface area contributed by atoms with Crippen molar-refractivity contribution in [3.63, 3.8) is 0 Å². The van der Waals surface area contributed by atoms with Gasteiger partial charge in [-0.15, -0.1) is 5.10 Å². The fourth-order valence-electron chi connectivity index (χ4n) is 1.90. The van der Waals surface area contributed by atoms with Crippen molar-refractivity contribution in [2.24, 2.45) is 5.92 Å². The van der Waals surface area contributed by atoms with Crippen molar-refractivity contribution in [1.29, 1.82) is 0 Å². The lowest BCUT2D eigenvalue weighted by Gasteiger charge is -2.16. The highest BCUT2D eigenvalue weighted by Crippen LogP contribution is 2.10. The molecule has 0 aliphatic carbocycles. The quantitative estimate of drug-likeness (QED) is 0.836. The molecule has 0 saturated carbocycles. The average molecular weight is 235 g/mol. The Morgan fingerprint density at radius 1 is 1.41 bits per heavy atom. The molecule has 0 amide bonds. The molecule has 0 aliphatic rings. The number of hydrogen-bond donors (Lipinski definition) is 2. The number of aromatic nitrogens is 4. The third-order valence-electron chi connectivity index (χ3n) is 2.49. The summed E-state index contributed by atoms with van der Waals surface area (Å²) in [5.74, 6) is 1.31. The summed E-state index contributed by atoms with van der Waals surface area (Å²) in [7, 11) is 0. The van der Waals surface area contributed by atoms with Crippen molar-refractivity contribution in [2.45, 2.75) is 33.2 Å². The predicted molar refractivity (Wildman–Crippen MR) is 66.1 cm³/mol. The van der Waals surface area contributed by atoms with Gasteiger partial charge in [-0.1, -0.05) is 13.8 Å². The van der Waals surface area contributed by atoms with Gasteiger partial charge in [-0.2, -0.15) is 9.61 Å². The zero-order chi connectivity index (χ0) is 12.4. The van der Waals surface area contributed by atoms with Gasteiger partial charge in [0, 0.05) is 6.04 Å². The lowest BCUT2D eigenvalue weighted by atomic mass is 10.1. The first-order valence-corrected chi connectivity index (χ1v) is 5.77. The van der Waals surface area contributed by atoms with Crippen molar-refractivity contribution in [2.75, 3.05) is 5.32 Å². The van der Waals surface area contributed by atoms with Crippen molar-refractivity contribution >= 4 is 11.5 Å². The molecule has 2 heterocycles. The molecule has 6 heteroatoms. The molecule has 1 atom stereocenters. The van der Waals surface area contributed by atoms with Gasteiger partial charge in [0.15, 0.2) is 5.65 Å². The Labute approximate surface area is 99.0 Å². The van der Waals surface area contributed by atoms with E-state index in [0.717, 1.165) is 6.42 Å². The van der Waals surface area contributed by atoms with E-state index in [0.29, 0.717) is 23.4 Å². The zero-order valence-corrected chi connectivity index (χ0v) is 10.3. The molecule has 1 unspecified atom stereocenters. The second kappa shape index (κ2) is 4.57. The van der Waals surface area contributed by atoms with Crippen LogP contribution in [0.5, 0.6) is 0 Å². The predicted octanol–water partition coefficient (Wildman–Crippen LogP) is 1.26. The minimum atomic E-state index is -0.319. The Bertz CT molecular complexity index is 556. The van der Waals surface area contributed by atoms with Crippen LogP contribution in [-0.4, -0.2) is 25.9 Å². The van der Waals surface area contributed by atoms with Crippen molar-refractivity contribution < 1.29 is 0 Å². The standard InChI is InChI=1S/C11H17N5O/c1-7(2)6-8(3)12-9-4-5-10-13-14-11(17)16(10)15-9/h4-5,7-8H,6H2,1-3H3,(H,12,15)(H,14,17). The summed E-state index contributed by atoms with van der Waals surface area (Å²) in [5.41, 5.74) is 0.206. The van der Waals surface area contributed by atoms with E-state index in [1.165, 1.54) is 4.52 Å². The number of anilines is 1. The fraction of sp³-hybridized carbons (Fsp3) is 0.545. The van der Waals surface area contributed by atoms with E-state index in [2.05, 4.69) is 41.4 Å². The molecule has 92 valence electrons. The SMILES string of the molecule is CC(C)CC(C)Nc1ccc2n[nH]c(=O)n2n1. The summed E-state index contributed by atoms with van der Waals surface area (Å²) < 4.78 is 1.25. The lowest BCUT2D eigenvalue weighted by molar-refractivity contribution is 0.538. The van der Waals surface area contributed by atoms with Gasteiger partial charge in [0.25, 0.3) is 0 Å². The number of fused-ring (bicyclic) bond motifs is 1. The molecule has 2 aromatic rings. The first-order chi connectivity index (χ1) is 8.06. The van der Waals surface area contributed by atoms with E-state index in [-0.39, 0.29) is 5.69 Å². The molecule has 0 spiro atoms. The Morgan fingerprint density at radius 3 is 2.88 bits per heavy atom. The molecule has 2 aromatic heterocycles. The highest BCUT2D eigenvalue weighted by atomic mass is 16.2. The lowest BCUT2D eigenvalue weighted by Crippen LogP contribution is -2.20. The van der Waals surface area contributed by atoms with Crippen LogP contribution in [0.3, 0.4) is 0 Å². The normalized spacial score (nSPS) is 13.2. The maximum Gasteiger partial charge on any atom is 0.364 e. The van der Waals surface area contributed by atoms with Gasteiger partial charge in [-0.05, 0) is 31.4 Å². The maximum absolute atomic E-state index is 11.3. The van der Waals surface area contributed by atoms with E-state index in [9.17, 15) is 4.79 Å². The summed E-state index contributed by atoms with van der Waals surface area (Å²) in [6.07, 6.45) is 1.06. The third-order valence-corrected chi connectivity index (χ3v) is 2.49. The van der Waals surface area contributed by atoms with E-state index in [1.807, 2.05) is 6.07 Å². The molecule has 0 bridgehead atoms. The number of H-pyrrole nitrogens is 1. The first-order valence-electron chi connectivity index (χ1n) is 5.77. The number of rotatable bonds is 4. The molecule has 2 rings (SSSR count). The van der Waals surface area contributed by atoms with Crippen molar-refractivity contribution in [1.82, 2.24) is 19.8 Å². The van der Waals surface area contributed by atoms with Gasteiger partial charge in [0.1, 0.15) is 5.82 Å². The van der Waals surface area contributed by atoms with Crippen LogP contribution in [0.25, 0.3) is 5.65 Å². The Kier molecular flexibility index (Phi) is 3.12. The van der Waals surface area contributed by atoms with Crippen molar-refractivity contribution in [3.8, 4) is 0 Å². The minimum absolute atomic E-state index is 0.319. The van der Waals surface area contributed by atoms with Crippen LogP contribution in [-0.2, 0) is 0 Å². The van der Waals surface area contributed by atoms with E-state index in [4.69, 9.17) is 0 Å².